The van der Waals surface area contributed by atoms with Crippen molar-refractivity contribution in [2.24, 2.45) is 7.05 Å². The molecule has 0 amide bonds. The normalized spacial score (nSPS) is 20.3. The van der Waals surface area contributed by atoms with Crippen molar-refractivity contribution in [3.8, 4) is 0 Å². The number of hydrogen-bond donors (Lipinski definition) is 1. The Hall–Kier alpha value is -1.73. The molecule has 114 valence electrons. The molecule has 2 aromatic rings. The Morgan fingerprint density at radius 1 is 1.48 bits per heavy atom. The van der Waals surface area contributed by atoms with E-state index < -0.39 is 0 Å². The third kappa shape index (κ3) is 2.98. The maximum Gasteiger partial charge on any atom is 0.229 e. The molecule has 1 atom stereocenters. The highest BCUT2D eigenvalue weighted by Gasteiger charge is 2.28. The maximum atomic E-state index is 5.29. The van der Waals surface area contributed by atoms with Gasteiger partial charge in [0.1, 0.15) is 5.82 Å². The first-order valence-corrected chi connectivity index (χ1v) is 7.39. The van der Waals surface area contributed by atoms with Crippen LogP contribution >= 0.6 is 0 Å². The molecule has 1 saturated heterocycles. The van der Waals surface area contributed by atoms with Crippen molar-refractivity contribution in [3.05, 3.63) is 29.9 Å². The number of nitrogens with zero attached hydrogens (tertiary/aromatic N) is 5. The average Bonchev–Trinajstić information content (AvgIpc) is 3.09. The minimum absolute atomic E-state index is 0.236. The Morgan fingerprint density at radius 3 is 3.00 bits per heavy atom. The molecule has 0 aliphatic carbocycles. The van der Waals surface area contributed by atoms with Gasteiger partial charge in [0, 0.05) is 45.0 Å². The van der Waals surface area contributed by atoms with Crippen molar-refractivity contribution < 1.29 is 4.52 Å². The first-order valence-electron chi connectivity index (χ1n) is 7.39. The van der Waals surface area contributed by atoms with E-state index in [1.54, 1.807) is 0 Å². The minimum Gasteiger partial charge on any atom is -0.339 e. The molecule has 3 heterocycles. The van der Waals surface area contributed by atoms with Crippen LogP contribution in [-0.2, 0) is 13.6 Å². The highest BCUT2D eigenvalue weighted by Crippen LogP contribution is 2.22. The Labute approximate surface area is 124 Å². The predicted octanol–water partition coefficient (Wildman–Crippen LogP) is 1.07. The van der Waals surface area contributed by atoms with Crippen LogP contribution in [0.1, 0.15) is 43.3 Å². The van der Waals surface area contributed by atoms with Gasteiger partial charge in [-0.25, -0.2) is 4.98 Å². The van der Waals surface area contributed by atoms with Gasteiger partial charge in [0.2, 0.25) is 5.89 Å². The van der Waals surface area contributed by atoms with E-state index in [-0.39, 0.29) is 12.0 Å². The van der Waals surface area contributed by atoms with Crippen LogP contribution in [0.15, 0.2) is 16.9 Å². The lowest BCUT2D eigenvalue weighted by atomic mass is 10.1. The minimum atomic E-state index is 0.236. The number of aromatic nitrogens is 4. The van der Waals surface area contributed by atoms with Crippen LogP contribution < -0.4 is 5.32 Å². The standard InChI is InChI=1S/C14H22N6O/c1-10(2)14-17-12(18-21-14)9-20-7-4-15-8-11(20)13-16-5-6-19(13)3/h5-6,10-11,15H,4,7-9H2,1-3H3. The average molecular weight is 290 g/mol. The molecule has 1 aliphatic rings. The lowest BCUT2D eigenvalue weighted by Gasteiger charge is -2.34. The van der Waals surface area contributed by atoms with Gasteiger partial charge < -0.3 is 14.4 Å². The summed E-state index contributed by atoms with van der Waals surface area (Å²) in [7, 11) is 2.03. The van der Waals surface area contributed by atoms with E-state index >= 15 is 0 Å². The molecule has 1 aliphatic heterocycles. The summed E-state index contributed by atoms with van der Waals surface area (Å²) in [5.41, 5.74) is 0. The topological polar surface area (TPSA) is 72.0 Å². The summed E-state index contributed by atoms with van der Waals surface area (Å²) in [5.74, 6) is 2.78. The number of nitrogens with one attached hydrogen (secondary N) is 1. The van der Waals surface area contributed by atoms with E-state index in [0.29, 0.717) is 12.4 Å². The molecule has 0 spiro atoms. The van der Waals surface area contributed by atoms with Crippen LogP contribution in [-0.4, -0.2) is 44.2 Å². The Bertz CT molecular complexity index is 590. The molecule has 7 nitrogen and oxygen atoms in total. The molecular weight excluding hydrogens is 268 g/mol. The Kier molecular flexibility index (Phi) is 4.03. The zero-order valence-electron chi connectivity index (χ0n) is 12.8. The second kappa shape index (κ2) is 5.95. The molecule has 1 fully saturated rings. The van der Waals surface area contributed by atoms with Gasteiger partial charge in [-0.2, -0.15) is 4.98 Å². The summed E-state index contributed by atoms with van der Waals surface area (Å²) >= 11 is 0. The van der Waals surface area contributed by atoms with Crippen LogP contribution in [0, 0.1) is 0 Å². The monoisotopic (exact) mass is 290 g/mol. The molecule has 3 rings (SSSR count). The lowest BCUT2D eigenvalue weighted by molar-refractivity contribution is 0.139. The molecule has 21 heavy (non-hydrogen) atoms. The van der Waals surface area contributed by atoms with Gasteiger partial charge in [-0.1, -0.05) is 19.0 Å². The van der Waals surface area contributed by atoms with Gasteiger partial charge in [-0.3, -0.25) is 4.90 Å². The predicted molar refractivity (Wildman–Crippen MR) is 77.6 cm³/mol. The fourth-order valence-corrected chi connectivity index (χ4v) is 2.64. The van der Waals surface area contributed by atoms with Crippen LogP contribution in [0.4, 0.5) is 0 Å². The largest absolute Gasteiger partial charge is 0.339 e. The second-order valence-electron chi connectivity index (χ2n) is 5.79. The van der Waals surface area contributed by atoms with E-state index in [9.17, 15) is 0 Å². The van der Waals surface area contributed by atoms with E-state index in [2.05, 4.69) is 43.8 Å². The Morgan fingerprint density at radius 2 is 2.33 bits per heavy atom. The molecule has 0 saturated carbocycles. The zero-order chi connectivity index (χ0) is 14.8. The molecule has 7 heteroatoms. The molecule has 0 bridgehead atoms. The quantitative estimate of drug-likeness (QED) is 0.908. The second-order valence-corrected chi connectivity index (χ2v) is 5.79. The summed E-state index contributed by atoms with van der Waals surface area (Å²) in [5, 5.41) is 7.52. The van der Waals surface area contributed by atoms with Crippen molar-refractivity contribution in [1.29, 1.82) is 0 Å². The van der Waals surface area contributed by atoms with Crippen LogP contribution in [0.25, 0.3) is 0 Å². The number of aryl methyl sites for hydroxylation is 1. The molecule has 2 aromatic heterocycles. The smallest absolute Gasteiger partial charge is 0.229 e. The molecular formula is C14H22N6O. The molecule has 1 unspecified atom stereocenters. The van der Waals surface area contributed by atoms with Gasteiger partial charge in [-0.15, -0.1) is 0 Å². The number of piperazine rings is 1. The van der Waals surface area contributed by atoms with Gasteiger partial charge in [0.25, 0.3) is 0 Å². The summed E-state index contributed by atoms with van der Waals surface area (Å²) in [6.07, 6.45) is 3.82. The van der Waals surface area contributed by atoms with Gasteiger partial charge in [-0.05, 0) is 0 Å². The van der Waals surface area contributed by atoms with E-state index in [1.807, 2.05) is 19.4 Å². The molecule has 0 aromatic carbocycles. The first kappa shape index (κ1) is 14.2. The van der Waals surface area contributed by atoms with E-state index in [4.69, 9.17) is 4.52 Å². The number of rotatable bonds is 4. The van der Waals surface area contributed by atoms with Crippen LogP contribution in [0.2, 0.25) is 0 Å². The fourth-order valence-electron chi connectivity index (χ4n) is 2.64. The molecule has 0 radical (unpaired) electrons. The first-order chi connectivity index (χ1) is 10.1. The number of hydrogen-bond acceptors (Lipinski definition) is 6. The summed E-state index contributed by atoms with van der Waals surface area (Å²) in [6, 6.07) is 0.236. The van der Waals surface area contributed by atoms with Crippen molar-refractivity contribution in [2.45, 2.75) is 32.4 Å². The van der Waals surface area contributed by atoms with Crippen molar-refractivity contribution >= 4 is 0 Å². The maximum absolute atomic E-state index is 5.29. The summed E-state index contributed by atoms with van der Waals surface area (Å²) in [6.45, 7) is 7.60. The third-order valence-corrected chi connectivity index (χ3v) is 3.83. The molecule has 1 N–H and O–H groups in total. The third-order valence-electron chi connectivity index (χ3n) is 3.83. The highest BCUT2D eigenvalue weighted by atomic mass is 16.5. The number of imidazole rings is 1. The zero-order valence-corrected chi connectivity index (χ0v) is 12.8. The SMILES string of the molecule is CC(C)c1nc(CN2CCNCC2c2nccn2C)no1. The van der Waals surface area contributed by atoms with E-state index in [1.165, 1.54) is 0 Å². The van der Waals surface area contributed by atoms with Crippen LogP contribution in [0.3, 0.4) is 0 Å². The Balaban J connectivity index is 1.76. The van der Waals surface area contributed by atoms with Gasteiger partial charge in [0.05, 0.1) is 12.6 Å². The van der Waals surface area contributed by atoms with Crippen LogP contribution in [0.5, 0.6) is 0 Å². The summed E-state index contributed by atoms with van der Waals surface area (Å²) in [4.78, 5) is 11.3. The van der Waals surface area contributed by atoms with Crippen molar-refractivity contribution in [3.63, 3.8) is 0 Å². The van der Waals surface area contributed by atoms with Crippen molar-refractivity contribution in [2.75, 3.05) is 19.6 Å². The van der Waals surface area contributed by atoms with Gasteiger partial charge in [0.15, 0.2) is 5.82 Å². The van der Waals surface area contributed by atoms with Crippen molar-refractivity contribution in [1.82, 2.24) is 29.9 Å². The highest BCUT2D eigenvalue weighted by molar-refractivity contribution is 5.03. The lowest BCUT2D eigenvalue weighted by Crippen LogP contribution is -2.46. The van der Waals surface area contributed by atoms with E-state index in [0.717, 1.165) is 31.3 Å². The van der Waals surface area contributed by atoms with Gasteiger partial charge >= 0.3 is 0 Å². The summed E-state index contributed by atoms with van der Waals surface area (Å²) < 4.78 is 7.36. The fraction of sp³-hybridized carbons (Fsp3) is 0.643.